The van der Waals surface area contributed by atoms with Crippen LogP contribution in [-0.4, -0.2) is 19.2 Å². The van der Waals surface area contributed by atoms with Gasteiger partial charge in [-0.15, -0.1) is 0 Å². The van der Waals surface area contributed by atoms with Gasteiger partial charge in [0.15, 0.2) is 0 Å². The second-order valence-corrected chi connectivity index (χ2v) is 8.97. The van der Waals surface area contributed by atoms with Gasteiger partial charge in [0, 0.05) is 6.04 Å². The number of amides is 1. The van der Waals surface area contributed by atoms with Crippen molar-refractivity contribution in [2.75, 3.05) is 7.11 Å². The highest BCUT2D eigenvalue weighted by Gasteiger charge is 2.21. The number of carbonyl (C=O) groups excluding carboxylic acids is 1. The van der Waals surface area contributed by atoms with Crippen LogP contribution in [-0.2, 0) is 4.74 Å². The molecule has 0 saturated heterocycles. The first-order valence-electron chi connectivity index (χ1n) is 11.0. The van der Waals surface area contributed by atoms with Crippen molar-refractivity contribution < 1.29 is 9.53 Å². The third-order valence-corrected chi connectivity index (χ3v) is 5.67. The molecule has 2 aromatic carbocycles. The predicted molar refractivity (Wildman–Crippen MR) is 126 cm³/mol. The molecule has 3 nitrogen and oxygen atoms in total. The lowest BCUT2D eigenvalue weighted by Crippen LogP contribution is -2.42. The molecule has 0 aromatic heterocycles. The van der Waals surface area contributed by atoms with Crippen LogP contribution in [0.2, 0.25) is 0 Å². The van der Waals surface area contributed by atoms with Crippen LogP contribution in [0.1, 0.15) is 84.8 Å². The third-order valence-electron chi connectivity index (χ3n) is 5.67. The molecule has 0 radical (unpaired) electrons. The molecule has 0 aliphatic rings. The van der Waals surface area contributed by atoms with Crippen LogP contribution in [0.25, 0.3) is 10.8 Å². The third kappa shape index (κ3) is 7.72. The molecule has 0 fully saturated rings. The lowest BCUT2D eigenvalue weighted by molar-refractivity contribution is 0.156. The van der Waals surface area contributed by atoms with Gasteiger partial charge < -0.3 is 10.1 Å². The quantitative estimate of drug-likeness (QED) is 0.546. The second kappa shape index (κ2) is 11.8. The zero-order chi connectivity index (χ0) is 22.1. The Morgan fingerprint density at radius 3 is 1.62 bits per heavy atom. The highest BCUT2D eigenvalue weighted by Crippen LogP contribution is 2.25. The molecule has 0 bridgehead atoms. The first-order chi connectivity index (χ1) is 13.6. The minimum absolute atomic E-state index is 0.206. The van der Waals surface area contributed by atoms with Crippen molar-refractivity contribution in [2.24, 2.45) is 11.8 Å². The lowest BCUT2D eigenvalue weighted by Gasteiger charge is -2.26. The van der Waals surface area contributed by atoms with E-state index in [4.69, 9.17) is 0 Å². The van der Waals surface area contributed by atoms with Crippen molar-refractivity contribution in [1.82, 2.24) is 5.32 Å². The van der Waals surface area contributed by atoms with Gasteiger partial charge in [-0.05, 0) is 45.6 Å². The fourth-order valence-corrected chi connectivity index (χ4v) is 3.42. The maximum atomic E-state index is 11.0. The minimum Gasteiger partial charge on any atom is -0.453 e. The fourth-order valence-electron chi connectivity index (χ4n) is 3.42. The minimum atomic E-state index is -0.334. The average molecular weight is 400 g/mol. The Bertz CT molecular complexity index is 717. The van der Waals surface area contributed by atoms with Gasteiger partial charge in [-0.1, -0.05) is 98.2 Å². The standard InChI is InChI=1S/C16H20.C10H21NO2/c1-11(2)13-5-7-16-10-14(12(3)4)6-8-15(16)9-13;1-6-8(4)9(7(2)3)11-10(12)13-5/h5-12H,1-4H3;7-9H,6H2,1-5H3,(H,11,12)/t;8-,9+/m.0/s1. The summed E-state index contributed by atoms with van der Waals surface area (Å²) in [6, 6.07) is 13.8. The SMILES string of the molecule is CC(C)c1ccc2cc(C(C)C)ccc2c1.CC[C@H](C)[C@H](NC(=O)OC)C(C)C. The number of carbonyl (C=O) groups is 1. The molecule has 162 valence electrons. The van der Waals surface area contributed by atoms with E-state index in [0.717, 1.165) is 6.42 Å². The molecular weight excluding hydrogens is 358 g/mol. The smallest absolute Gasteiger partial charge is 0.407 e. The molecule has 3 heteroatoms. The van der Waals surface area contributed by atoms with Crippen LogP contribution >= 0.6 is 0 Å². The Balaban J connectivity index is 0.000000298. The van der Waals surface area contributed by atoms with E-state index in [1.807, 2.05) is 0 Å². The molecule has 0 spiro atoms. The van der Waals surface area contributed by atoms with Crippen molar-refractivity contribution in [1.29, 1.82) is 0 Å². The first kappa shape index (κ1) is 25.0. The highest BCUT2D eigenvalue weighted by molar-refractivity contribution is 5.84. The van der Waals surface area contributed by atoms with Crippen LogP contribution in [0.3, 0.4) is 0 Å². The van der Waals surface area contributed by atoms with Crippen molar-refractivity contribution in [2.45, 2.75) is 79.7 Å². The van der Waals surface area contributed by atoms with E-state index >= 15 is 0 Å². The summed E-state index contributed by atoms with van der Waals surface area (Å²) in [5.74, 6) is 2.14. The molecular formula is C26H41NO2. The van der Waals surface area contributed by atoms with Crippen LogP contribution < -0.4 is 5.32 Å². The summed E-state index contributed by atoms with van der Waals surface area (Å²) in [4.78, 5) is 11.0. The van der Waals surface area contributed by atoms with Gasteiger partial charge in [0.05, 0.1) is 7.11 Å². The topological polar surface area (TPSA) is 38.3 Å². The molecule has 0 heterocycles. The number of benzene rings is 2. The molecule has 0 unspecified atom stereocenters. The molecule has 2 atom stereocenters. The average Bonchev–Trinajstić information content (AvgIpc) is 2.70. The van der Waals surface area contributed by atoms with Gasteiger partial charge in [0.1, 0.15) is 0 Å². The summed E-state index contributed by atoms with van der Waals surface area (Å²) in [6.45, 7) is 17.4. The zero-order valence-electron chi connectivity index (χ0n) is 19.9. The molecule has 1 amide bonds. The maximum Gasteiger partial charge on any atom is 0.407 e. The van der Waals surface area contributed by atoms with E-state index in [1.165, 1.54) is 29.0 Å². The van der Waals surface area contributed by atoms with Crippen LogP contribution in [0, 0.1) is 11.8 Å². The van der Waals surface area contributed by atoms with E-state index in [9.17, 15) is 4.79 Å². The summed E-state index contributed by atoms with van der Waals surface area (Å²) in [6.07, 6.45) is 0.728. The van der Waals surface area contributed by atoms with Gasteiger partial charge in [-0.25, -0.2) is 4.79 Å². The molecule has 0 aliphatic heterocycles. The van der Waals surface area contributed by atoms with E-state index in [1.54, 1.807) is 0 Å². The monoisotopic (exact) mass is 399 g/mol. The normalized spacial score (nSPS) is 13.2. The number of hydrogen-bond donors (Lipinski definition) is 1. The predicted octanol–water partition coefficient (Wildman–Crippen LogP) is 7.50. The van der Waals surface area contributed by atoms with Crippen molar-refractivity contribution in [3.8, 4) is 0 Å². The highest BCUT2D eigenvalue weighted by atomic mass is 16.5. The van der Waals surface area contributed by atoms with Gasteiger partial charge in [0.25, 0.3) is 0 Å². The molecule has 29 heavy (non-hydrogen) atoms. The number of ether oxygens (including phenoxy) is 1. The Morgan fingerprint density at radius 1 is 0.862 bits per heavy atom. The largest absolute Gasteiger partial charge is 0.453 e. The molecule has 0 saturated carbocycles. The fraction of sp³-hybridized carbons (Fsp3) is 0.577. The Morgan fingerprint density at radius 2 is 1.31 bits per heavy atom. The zero-order valence-corrected chi connectivity index (χ0v) is 19.9. The number of rotatable bonds is 6. The van der Waals surface area contributed by atoms with Crippen LogP contribution in [0.15, 0.2) is 36.4 Å². The number of hydrogen-bond acceptors (Lipinski definition) is 2. The first-order valence-corrected chi connectivity index (χ1v) is 11.0. The van der Waals surface area contributed by atoms with Gasteiger partial charge in [-0.2, -0.15) is 0 Å². The summed E-state index contributed by atoms with van der Waals surface area (Å²) in [5.41, 5.74) is 2.84. The molecule has 1 N–H and O–H groups in total. The lowest BCUT2D eigenvalue weighted by atomic mass is 9.90. The Hall–Kier alpha value is -2.03. The van der Waals surface area contributed by atoms with E-state index in [2.05, 4.69) is 102 Å². The second-order valence-electron chi connectivity index (χ2n) is 8.97. The summed E-state index contributed by atoms with van der Waals surface area (Å²) >= 11 is 0. The molecule has 0 aliphatic carbocycles. The van der Waals surface area contributed by atoms with E-state index in [-0.39, 0.29) is 12.1 Å². The Labute approximate surface area is 178 Å². The number of fused-ring (bicyclic) bond motifs is 1. The van der Waals surface area contributed by atoms with Crippen molar-refractivity contribution in [3.05, 3.63) is 47.5 Å². The van der Waals surface area contributed by atoms with E-state index in [0.29, 0.717) is 23.7 Å². The van der Waals surface area contributed by atoms with Gasteiger partial charge in [0.2, 0.25) is 0 Å². The number of alkyl carbamates (subject to hydrolysis) is 1. The summed E-state index contributed by atoms with van der Waals surface area (Å²) < 4.78 is 4.58. The number of methoxy groups -OCH3 is 1. The van der Waals surface area contributed by atoms with Gasteiger partial charge in [-0.3, -0.25) is 0 Å². The van der Waals surface area contributed by atoms with E-state index < -0.39 is 0 Å². The number of nitrogens with one attached hydrogen (secondary N) is 1. The van der Waals surface area contributed by atoms with Gasteiger partial charge >= 0.3 is 6.09 Å². The summed E-state index contributed by atoms with van der Waals surface area (Å²) in [5, 5.41) is 5.57. The van der Waals surface area contributed by atoms with Crippen LogP contribution in [0.4, 0.5) is 4.79 Å². The van der Waals surface area contributed by atoms with Crippen LogP contribution in [0.5, 0.6) is 0 Å². The Kier molecular flexibility index (Phi) is 10.2. The van der Waals surface area contributed by atoms with Crippen molar-refractivity contribution >= 4 is 16.9 Å². The summed E-state index contributed by atoms with van der Waals surface area (Å²) in [7, 11) is 1.39. The molecule has 2 aromatic rings. The maximum absolute atomic E-state index is 11.0. The van der Waals surface area contributed by atoms with Crippen molar-refractivity contribution in [3.63, 3.8) is 0 Å². The molecule has 2 rings (SSSR count).